The number of hydrogen-bond acceptors (Lipinski definition) is 4. The van der Waals surface area contributed by atoms with Crippen LogP contribution in [0.5, 0.6) is 0 Å². The summed E-state index contributed by atoms with van der Waals surface area (Å²) in [6.07, 6.45) is 3.12. The van der Waals surface area contributed by atoms with Gasteiger partial charge in [-0.05, 0) is 31.2 Å². The van der Waals surface area contributed by atoms with Crippen molar-refractivity contribution in [3.8, 4) is 0 Å². The minimum absolute atomic E-state index is 0.0776. The van der Waals surface area contributed by atoms with Crippen molar-refractivity contribution >= 4 is 11.6 Å². The molecule has 1 aromatic carbocycles. The number of nitrogens with one attached hydrogen (secondary N) is 1. The smallest absolute Gasteiger partial charge is 0.282 e. The lowest BCUT2D eigenvalue weighted by Gasteiger charge is -2.25. The van der Waals surface area contributed by atoms with E-state index in [2.05, 4.69) is 5.32 Å². The van der Waals surface area contributed by atoms with Crippen molar-refractivity contribution in [1.29, 1.82) is 0 Å². The van der Waals surface area contributed by atoms with Crippen molar-refractivity contribution in [2.45, 2.75) is 31.8 Å². The van der Waals surface area contributed by atoms with Crippen LogP contribution in [0.25, 0.3) is 0 Å². The van der Waals surface area contributed by atoms with Gasteiger partial charge in [0, 0.05) is 12.6 Å². The van der Waals surface area contributed by atoms with Crippen LogP contribution >= 0.6 is 0 Å². The fourth-order valence-corrected chi connectivity index (χ4v) is 2.61. The topological polar surface area (TPSA) is 92.5 Å². The minimum Gasteiger partial charge on any atom is -0.393 e. The van der Waals surface area contributed by atoms with Gasteiger partial charge < -0.3 is 10.4 Å². The molecule has 0 bridgehead atoms. The Morgan fingerprint density at radius 2 is 2.15 bits per heavy atom. The van der Waals surface area contributed by atoms with Gasteiger partial charge >= 0.3 is 0 Å². The van der Waals surface area contributed by atoms with Crippen LogP contribution in [-0.2, 0) is 0 Å². The first kappa shape index (κ1) is 14.5. The lowest BCUT2D eigenvalue weighted by molar-refractivity contribution is -0.385. The van der Waals surface area contributed by atoms with E-state index in [0.717, 1.165) is 19.3 Å². The second kappa shape index (κ2) is 6.47. The van der Waals surface area contributed by atoms with E-state index in [1.54, 1.807) is 6.07 Å². The van der Waals surface area contributed by atoms with Gasteiger partial charge in [-0.3, -0.25) is 14.9 Å². The van der Waals surface area contributed by atoms with Gasteiger partial charge in [-0.2, -0.15) is 0 Å². The maximum Gasteiger partial charge on any atom is 0.282 e. The Labute approximate surface area is 117 Å². The van der Waals surface area contributed by atoms with Crippen LogP contribution in [0.1, 0.15) is 36.0 Å². The SMILES string of the molecule is O=C(NCC1CCCC(O)C1)c1ccccc1[N+](=O)[O-]. The van der Waals surface area contributed by atoms with Gasteiger partial charge in [-0.1, -0.05) is 18.6 Å². The monoisotopic (exact) mass is 278 g/mol. The summed E-state index contributed by atoms with van der Waals surface area (Å²) < 4.78 is 0. The summed E-state index contributed by atoms with van der Waals surface area (Å²) in [6, 6.07) is 5.90. The summed E-state index contributed by atoms with van der Waals surface area (Å²) in [4.78, 5) is 22.3. The molecular formula is C14H18N2O4. The van der Waals surface area contributed by atoms with E-state index in [1.807, 2.05) is 0 Å². The Bertz CT molecular complexity index is 504. The number of nitro groups is 1. The standard InChI is InChI=1S/C14H18N2O4/c17-11-5-3-4-10(8-11)9-15-14(18)12-6-1-2-7-13(12)16(19)20/h1-2,6-7,10-11,17H,3-5,8-9H2,(H,15,18). The van der Waals surface area contributed by atoms with E-state index in [0.29, 0.717) is 13.0 Å². The van der Waals surface area contributed by atoms with Crippen LogP contribution in [0.2, 0.25) is 0 Å². The highest BCUT2D eigenvalue weighted by atomic mass is 16.6. The minimum atomic E-state index is -0.556. The van der Waals surface area contributed by atoms with Gasteiger partial charge in [0.25, 0.3) is 11.6 Å². The van der Waals surface area contributed by atoms with Gasteiger partial charge in [0.15, 0.2) is 0 Å². The fourth-order valence-electron chi connectivity index (χ4n) is 2.61. The number of rotatable bonds is 4. The number of benzene rings is 1. The summed E-state index contributed by atoms with van der Waals surface area (Å²) in [5, 5.41) is 23.2. The van der Waals surface area contributed by atoms with Crippen molar-refractivity contribution in [2.24, 2.45) is 5.92 Å². The highest BCUT2D eigenvalue weighted by Crippen LogP contribution is 2.24. The second-order valence-corrected chi connectivity index (χ2v) is 5.17. The van der Waals surface area contributed by atoms with Crippen molar-refractivity contribution in [3.05, 3.63) is 39.9 Å². The maximum absolute atomic E-state index is 12.0. The molecule has 6 nitrogen and oxygen atoms in total. The highest BCUT2D eigenvalue weighted by molar-refractivity contribution is 5.98. The van der Waals surface area contributed by atoms with Gasteiger partial charge in [-0.15, -0.1) is 0 Å². The molecule has 1 fully saturated rings. The van der Waals surface area contributed by atoms with Gasteiger partial charge in [0.1, 0.15) is 5.56 Å². The Morgan fingerprint density at radius 1 is 1.40 bits per heavy atom. The molecule has 6 heteroatoms. The number of aliphatic hydroxyl groups is 1. The molecule has 2 N–H and O–H groups in total. The molecule has 20 heavy (non-hydrogen) atoms. The molecule has 2 atom stereocenters. The largest absolute Gasteiger partial charge is 0.393 e. The molecule has 1 aliphatic rings. The van der Waals surface area contributed by atoms with E-state index in [9.17, 15) is 20.0 Å². The molecule has 1 aliphatic carbocycles. The van der Waals surface area contributed by atoms with Crippen LogP contribution in [0.4, 0.5) is 5.69 Å². The quantitative estimate of drug-likeness (QED) is 0.649. The number of carbonyl (C=O) groups excluding carboxylic acids is 1. The Balaban J connectivity index is 1.97. The van der Waals surface area contributed by atoms with Crippen LogP contribution in [0.3, 0.4) is 0 Å². The molecule has 0 heterocycles. The molecule has 2 rings (SSSR count). The number of nitrogens with zero attached hydrogens (tertiary/aromatic N) is 1. The van der Waals surface area contributed by atoms with E-state index in [1.165, 1.54) is 18.2 Å². The molecule has 0 radical (unpaired) electrons. The Hall–Kier alpha value is -1.95. The number of hydrogen-bond donors (Lipinski definition) is 2. The van der Waals surface area contributed by atoms with Crippen LogP contribution < -0.4 is 5.32 Å². The lowest BCUT2D eigenvalue weighted by Crippen LogP contribution is -2.33. The summed E-state index contributed by atoms with van der Waals surface area (Å²) in [5.41, 5.74) is -0.109. The average molecular weight is 278 g/mol. The number of carbonyl (C=O) groups is 1. The molecule has 0 spiro atoms. The molecule has 0 aromatic heterocycles. The van der Waals surface area contributed by atoms with E-state index >= 15 is 0 Å². The number of para-hydroxylation sites is 1. The average Bonchev–Trinajstić information content (AvgIpc) is 2.45. The molecular weight excluding hydrogens is 260 g/mol. The zero-order valence-electron chi connectivity index (χ0n) is 11.1. The predicted octanol–water partition coefficient (Wildman–Crippen LogP) is 1.88. The number of aliphatic hydroxyl groups excluding tert-OH is 1. The Morgan fingerprint density at radius 3 is 2.85 bits per heavy atom. The molecule has 108 valence electrons. The third-order valence-corrected chi connectivity index (χ3v) is 3.65. The van der Waals surface area contributed by atoms with Crippen LogP contribution in [-0.4, -0.2) is 28.6 Å². The molecule has 1 saturated carbocycles. The molecule has 1 amide bonds. The normalized spacial score (nSPS) is 22.2. The van der Waals surface area contributed by atoms with Crippen LogP contribution in [0, 0.1) is 16.0 Å². The zero-order valence-corrected chi connectivity index (χ0v) is 11.1. The Kier molecular flexibility index (Phi) is 4.68. The first-order valence-corrected chi connectivity index (χ1v) is 6.77. The molecule has 0 aliphatic heterocycles. The summed E-state index contributed by atoms with van der Waals surface area (Å²) >= 11 is 0. The van der Waals surface area contributed by atoms with Gasteiger partial charge in [0.2, 0.25) is 0 Å². The van der Waals surface area contributed by atoms with Gasteiger partial charge in [0.05, 0.1) is 11.0 Å². The third kappa shape index (κ3) is 3.54. The predicted molar refractivity (Wildman–Crippen MR) is 73.4 cm³/mol. The van der Waals surface area contributed by atoms with Crippen LogP contribution in [0.15, 0.2) is 24.3 Å². The second-order valence-electron chi connectivity index (χ2n) is 5.17. The third-order valence-electron chi connectivity index (χ3n) is 3.65. The fraction of sp³-hybridized carbons (Fsp3) is 0.500. The first-order chi connectivity index (χ1) is 9.58. The van der Waals surface area contributed by atoms with E-state index in [-0.39, 0.29) is 23.3 Å². The van der Waals surface area contributed by atoms with Crippen molar-refractivity contribution in [1.82, 2.24) is 5.32 Å². The molecule has 2 unspecified atom stereocenters. The van der Waals surface area contributed by atoms with Crippen molar-refractivity contribution in [3.63, 3.8) is 0 Å². The lowest BCUT2D eigenvalue weighted by atomic mass is 9.87. The highest BCUT2D eigenvalue weighted by Gasteiger charge is 2.23. The van der Waals surface area contributed by atoms with Crippen molar-refractivity contribution < 1.29 is 14.8 Å². The summed E-state index contributed by atoms with van der Waals surface area (Å²) in [6.45, 7) is 0.446. The van der Waals surface area contributed by atoms with Crippen molar-refractivity contribution in [2.75, 3.05) is 6.54 Å². The number of amides is 1. The van der Waals surface area contributed by atoms with E-state index < -0.39 is 10.8 Å². The first-order valence-electron chi connectivity index (χ1n) is 6.77. The molecule has 1 aromatic rings. The van der Waals surface area contributed by atoms with Gasteiger partial charge in [-0.25, -0.2) is 0 Å². The maximum atomic E-state index is 12.0. The zero-order chi connectivity index (χ0) is 14.5. The summed E-state index contributed by atoms with van der Waals surface area (Å²) in [7, 11) is 0. The number of nitro benzene ring substituents is 1. The molecule has 0 saturated heterocycles. The van der Waals surface area contributed by atoms with E-state index in [4.69, 9.17) is 0 Å². The summed E-state index contributed by atoms with van der Waals surface area (Å²) in [5.74, 6) is -0.192.